The number of aliphatic hydroxyl groups excluding tert-OH is 8. The van der Waals surface area contributed by atoms with Gasteiger partial charge in [0.1, 0.15) is 66.8 Å². The van der Waals surface area contributed by atoms with Gasteiger partial charge in [0.15, 0.2) is 36.5 Å². The average molecular weight is 783 g/mol. The molecule has 11 N–H and O–H groups in total. The van der Waals surface area contributed by atoms with Crippen LogP contribution in [0.25, 0.3) is 12.2 Å². The molecule has 0 aliphatic carbocycles. The van der Waals surface area contributed by atoms with Crippen molar-refractivity contribution < 1.29 is 94.1 Å². The first-order valence-corrected chi connectivity index (χ1v) is 17.3. The summed E-state index contributed by atoms with van der Waals surface area (Å²) in [5.41, 5.74) is 1.02. The van der Waals surface area contributed by atoms with Crippen LogP contribution >= 0.6 is 0 Å². The maximum atomic E-state index is 13.0. The summed E-state index contributed by atoms with van der Waals surface area (Å²) in [6.07, 6.45) is -18.9. The van der Waals surface area contributed by atoms with Crippen molar-refractivity contribution in [3.05, 3.63) is 65.7 Å². The highest BCUT2D eigenvalue weighted by molar-refractivity contribution is 5.87. The highest BCUT2D eigenvalue weighted by atomic mass is 16.8. The van der Waals surface area contributed by atoms with Crippen molar-refractivity contribution in [2.45, 2.75) is 99.0 Å². The molecule has 0 aromatic heterocycles. The molecule has 3 fully saturated rings. The molecule has 55 heavy (non-hydrogen) atoms. The predicted molar refractivity (Wildman–Crippen MR) is 183 cm³/mol. The van der Waals surface area contributed by atoms with E-state index < -0.39 is 117 Å². The zero-order chi connectivity index (χ0) is 40.0. The summed E-state index contributed by atoms with van der Waals surface area (Å²) in [4.78, 5) is 13.0. The van der Waals surface area contributed by atoms with Gasteiger partial charge in [-0.25, -0.2) is 4.79 Å². The lowest BCUT2D eigenvalue weighted by molar-refractivity contribution is -0.376. The molecule has 3 aliphatic heterocycles. The Bertz CT molecular complexity index is 1600. The summed E-state index contributed by atoms with van der Waals surface area (Å²) >= 11 is 0. The summed E-state index contributed by atoms with van der Waals surface area (Å²) in [6.45, 7) is -0.278. The summed E-state index contributed by atoms with van der Waals surface area (Å²) in [6, 6.07) is 10.0. The van der Waals surface area contributed by atoms with Crippen LogP contribution in [0.1, 0.15) is 18.1 Å². The van der Waals surface area contributed by atoms with E-state index in [1.165, 1.54) is 43.3 Å². The number of phenols is 3. The third kappa shape index (κ3) is 10.2. The topological polar surface area (TPSA) is 304 Å². The molecule has 0 amide bonds. The fourth-order valence-corrected chi connectivity index (χ4v) is 6.17. The van der Waals surface area contributed by atoms with E-state index in [2.05, 4.69) is 0 Å². The van der Waals surface area contributed by atoms with E-state index in [1.807, 2.05) is 0 Å². The molecule has 19 heteroatoms. The van der Waals surface area contributed by atoms with E-state index in [0.717, 1.165) is 6.08 Å². The number of esters is 1. The van der Waals surface area contributed by atoms with Gasteiger partial charge in [0.25, 0.3) is 0 Å². The molecule has 5 rings (SSSR count). The number of carbonyl (C=O) groups is 1. The molecule has 0 radical (unpaired) electrons. The highest BCUT2D eigenvalue weighted by Crippen LogP contribution is 2.34. The minimum Gasteiger partial charge on any atom is -0.508 e. The van der Waals surface area contributed by atoms with Gasteiger partial charge in [-0.2, -0.15) is 0 Å². The van der Waals surface area contributed by atoms with Crippen molar-refractivity contribution >= 4 is 18.1 Å². The quantitative estimate of drug-likeness (QED) is 0.0572. The van der Waals surface area contributed by atoms with E-state index in [4.69, 9.17) is 33.2 Å². The zero-order valence-corrected chi connectivity index (χ0v) is 29.3. The van der Waals surface area contributed by atoms with Gasteiger partial charge >= 0.3 is 5.97 Å². The second-order valence-electron chi connectivity index (χ2n) is 13.1. The highest BCUT2D eigenvalue weighted by Gasteiger charge is 2.54. The Morgan fingerprint density at radius 2 is 1.27 bits per heavy atom. The first kappa shape index (κ1) is 42.4. The van der Waals surface area contributed by atoms with E-state index in [9.17, 15) is 61.0 Å². The fraction of sp³-hybridized carbons (Fsp3) is 0.528. The standard InChI is InChI=1S/C36H46O19/c1-16-31(54-36-28(46)26(44)25(43)22(14-37)51-36)27(45)29(47)35(50-16)55-33-30(48)34(49-12-2-3-17-4-8-19(39)9-5-17)52-23(15-38)32(33)53-24(42)11-7-18-6-10-20(40)21(41)13-18/h2-11,13,16,22-23,25-41,43-48H,12,14-15H2,1H3/t16-,22+,23+,25+,26-,27-,28+,29+,30+,31-,32+,33+,34+,35-,36+/m0/s1. The minimum atomic E-state index is -1.94. The first-order valence-electron chi connectivity index (χ1n) is 17.3. The van der Waals surface area contributed by atoms with E-state index in [-0.39, 0.29) is 18.1 Å². The van der Waals surface area contributed by atoms with Crippen LogP contribution in [0.15, 0.2) is 54.6 Å². The molecule has 0 unspecified atom stereocenters. The molecule has 0 spiro atoms. The Kier molecular flexibility index (Phi) is 14.6. The number of hydrogen-bond donors (Lipinski definition) is 11. The number of rotatable bonds is 13. The summed E-state index contributed by atoms with van der Waals surface area (Å²) in [5.74, 6) is -1.78. The Labute approximate surface area is 314 Å². The first-order chi connectivity index (χ1) is 26.2. The number of hydrogen-bond acceptors (Lipinski definition) is 19. The monoisotopic (exact) mass is 782 g/mol. The van der Waals surface area contributed by atoms with Crippen LogP contribution in [0.5, 0.6) is 17.2 Å². The van der Waals surface area contributed by atoms with Crippen LogP contribution in [0, 0.1) is 0 Å². The van der Waals surface area contributed by atoms with Crippen LogP contribution in [0.2, 0.25) is 0 Å². The number of aliphatic hydroxyl groups is 8. The smallest absolute Gasteiger partial charge is 0.331 e. The van der Waals surface area contributed by atoms with Crippen molar-refractivity contribution in [1.82, 2.24) is 0 Å². The van der Waals surface area contributed by atoms with Gasteiger partial charge in [-0.05, 0) is 48.4 Å². The number of aromatic hydroxyl groups is 3. The lowest BCUT2D eigenvalue weighted by atomic mass is 9.96. The summed E-state index contributed by atoms with van der Waals surface area (Å²) < 4.78 is 39.8. The number of benzene rings is 2. The normalized spacial score (nSPS) is 37.0. The third-order valence-corrected chi connectivity index (χ3v) is 9.23. The number of carbonyl (C=O) groups excluding carboxylic acids is 1. The second-order valence-corrected chi connectivity index (χ2v) is 13.1. The Hall–Kier alpha value is -3.77. The minimum absolute atomic E-state index is 0.0736. The van der Waals surface area contributed by atoms with Crippen LogP contribution in [0.3, 0.4) is 0 Å². The van der Waals surface area contributed by atoms with Gasteiger partial charge in [0, 0.05) is 6.08 Å². The van der Waals surface area contributed by atoms with E-state index >= 15 is 0 Å². The molecule has 304 valence electrons. The molecule has 0 saturated carbocycles. The van der Waals surface area contributed by atoms with Crippen LogP contribution in [0.4, 0.5) is 0 Å². The van der Waals surface area contributed by atoms with Crippen molar-refractivity contribution in [1.29, 1.82) is 0 Å². The molecule has 15 atom stereocenters. The Morgan fingerprint density at radius 1 is 0.655 bits per heavy atom. The van der Waals surface area contributed by atoms with Gasteiger partial charge in [-0.1, -0.05) is 30.4 Å². The Morgan fingerprint density at radius 3 is 1.95 bits per heavy atom. The fourth-order valence-electron chi connectivity index (χ4n) is 6.17. The lowest BCUT2D eigenvalue weighted by Crippen LogP contribution is -2.66. The molecular weight excluding hydrogens is 736 g/mol. The van der Waals surface area contributed by atoms with Crippen molar-refractivity contribution in [2.75, 3.05) is 19.8 Å². The third-order valence-electron chi connectivity index (χ3n) is 9.23. The number of ether oxygens (including phenoxy) is 7. The van der Waals surface area contributed by atoms with Gasteiger partial charge in [-0.3, -0.25) is 0 Å². The molecule has 2 aromatic carbocycles. The largest absolute Gasteiger partial charge is 0.508 e. The number of phenolic OH excluding ortho intramolecular Hbond substituents is 3. The van der Waals surface area contributed by atoms with E-state index in [0.29, 0.717) is 11.1 Å². The van der Waals surface area contributed by atoms with Gasteiger partial charge in [-0.15, -0.1) is 0 Å². The van der Waals surface area contributed by atoms with Crippen LogP contribution in [-0.2, 0) is 38.0 Å². The van der Waals surface area contributed by atoms with Crippen molar-refractivity contribution in [3.63, 3.8) is 0 Å². The van der Waals surface area contributed by atoms with Gasteiger partial charge < -0.3 is 89.3 Å². The summed E-state index contributed by atoms with van der Waals surface area (Å²) in [5, 5.41) is 113. The maximum Gasteiger partial charge on any atom is 0.331 e. The second kappa shape index (κ2) is 18.9. The van der Waals surface area contributed by atoms with Gasteiger partial charge in [0.2, 0.25) is 0 Å². The van der Waals surface area contributed by atoms with Crippen molar-refractivity contribution in [2.24, 2.45) is 0 Å². The lowest BCUT2D eigenvalue weighted by Gasteiger charge is -2.48. The average Bonchev–Trinajstić information content (AvgIpc) is 3.17. The maximum absolute atomic E-state index is 13.0. The molecular formula is C36H46O19. The summed E-state index contributed by atoms with van der Waals surface area (Å²) in [7, 11) is 0. The zero-order valence-electron chi connectivity index (χ0n) is 29.3. The molecule has 3 heterocycles. The van der Waals surface area contributed by atoms with Gasteiger partial charge in [0.05, 0.1) is 25.9 Å². The van der Waals surface area contributed by atoms with Crippen LogP contribution in [-0.4, -0.2) is 174 Å². The van der Waals surface area contributed by atoms with Crippen LogP contribution < -0.4 is 0 Å². The molecule has 19 nitrogen and oxygen atoms in total. The SMILES string of the molecule is C[C@@H]1O[C@@H](O[C@@H]2[C@@H](O)[C@H](OCC=Cc3ccc(O)cc3)O[C@H](CO)[C@H]2OC(=O)C=Cc2ccc(O)c(O)c2)[C@H](O)[C@H](O)[C@H]1O[C@H]1O[C@H](CO)[C@@H](O)[C@H](O)[C@H]1O. The molecule has 2 aromatic rings. The molecule has 3 saturated heterocycles. The van der Waals surface area contributed by atoms with Crippen molar-refractivity contribution in [3.8, 4) is 17.2 Å². The van der Waals surface area contributed by atoms with E-state index in [1.54, 1.807) is 24.3 Å². The molecule has 3 aliphatic rings. The Balaban J connectivity index is 1.33. The molecule has 0 bridgehead atoms. The predicted octanol–water partition coefficient (Wildman–Crippen LogP) is -2.43.